The highest BCUT2D eigenvalue weighted by Gasteiger charge is 2.41. The molecule has 2 aliphatic rings. The molecule has 1 aliphatic carbocycles. The van der Waals surface area contributed by atoms with Gasteiger partial charge in [-0.25, -0.2) is 4.98 Å². The van der Waals surface area contributed by atoms with Gasteiger partial charge in [-0.2, -0.15) is 13.2 Å². The Balaban J connectivity index is 1.52. The minimum Gasteiger partial charge on any atom is -0.389 e. The van der Waals surface area contributed by atoms with E-state index in [-0.39, 0.29) is 49.6 Å². The molecule has 4 N–H and O–H groups in total. The zero-order chi connectivity index (χ0) is 35.7. The molecule has 9 nitrogen and oxygen atoms in total. The number of fused-ring (bicyclic) bond motifs is 1. The van der Waals surface area contributed by atoms with Crippen molar-refractivity contribution in [1.29, 1.82) is 0 Å². The lowest BCUT2D eigenvalue weighted by molar-refractivity contribution is -0.182. The summed E-state index contributed by atoms with van der Waals surface area (Å²) in [6.07, 6.45) is -3.74. The molecule has 2 fully saturated rings. The average Bonchev–Trinajstić information content (AvgIpc) is 3.33. The maximum Gasteiger partial charge on any atom is 0.391 e. The molecule has 0 spiro atoms. The van der Waals surface area contributed by atoms with Gasteiger partial charge in [0.25, 0.3) is 5.91 Å². The zero-order valence-corrected chi connectivity index (χ0v) is 30.2. The van der Waals surface area contributed by atoms with Crippen LogP contribution in [-0.2, 0) is 17.8 Å². The van der Waals surface area contributed by atoms with Crippen molar-refractivity contribution in [2.24, 2.45) is 11.3 Å². The van der Waals surface area contributed by atoms with Gasteiger partial charge in [0.1, 0.15) is 0 Å². The summed E-state index contributed by atoms with van der Waals surface area (Å²) in [6, 6.07) is 6.88. The third-order valence-electron chi connectivity index (χ3n) is 8.91. The van der Waals surface area contributed by atoms with Gasteiger partial charge in [-0.15, -0.1) is 0 Å². The van der Waals surface area contributed by atoms with Crippen molar-refractivity contribution < 1.29 is 27.8 Å². The number of rotatable bonds is 10. The van der Waals surface area contributed by atoms with Crippen LogP contribution in [0.1, 0.15) is 76.2 Å². The molecule has 0 radical (unpaired) electrons. The third kappa shape index (κ3) is 9.52. The number of halogens is 5. The number of hydrogen-bond acceptors (Lipinski definition) is 7. The van der Waals surface area contributed by atoms with E-state index in [9.17, 15) is 23.1 Å². The van der Waals surface area contributed by atoms with Crippen LogP contribution in [0, 0.1) is 11.3 Å². The first-order valence-electron chi connectivity index (χ1n) is 16.8. The zero-order valence-electron chi connectivity index (χ0n) is 28.7. The number of imidazole rings is 1. The third-order valence-corrected chi connectivity index (χ3v) is 9.66. The Morgan fingerprint density at radius 1 is 1.04 bits per heavy atom. The smallest absolute Gasteiger partial charge is 0.389 e. The number of nitrogens with zero attached hydrogens (tertiary/aromatic N) is 3. The van der Waals surface area contributed by atoms with E-state index in [1.807, 2.05) is 16.7 Å². The van der Waals surface area contributed by atoms with Gasteiger partial charge < -0.3 is 35.3 Å². The van der Waals surface area contributed by atoms with Crippen molar-refractivity contribution in [2.45, 2.75) is 91.2 Å². The summed E-state index contributed by atoms with van der Waals surface area (Å²) in [4.78, 5) is 20.8. The van der Waals surface area contributed by atoms with Crippen LogP contribution < -0.4 is 20.9 Å². The highest BCUT2D eigenvalue weighted by Crippen LogP contribution is 2.39. The maximum atomic E-state index is 13.9. The number of hydrogen-bond donors (Lipinski definition) is 4. The predicted octanol–water partition coefficient (Wildman–Crippen LogP) is 7.68. The number of benzene rings is 2. The van der Waals surface area contributed by atoms with Gasteiger partial charge in [-0.1, -0.05) is 50.0 Å². The molecule has 1 aromatic heterocycles. The van der Waals surface area contributed by atoms with E-state index < -0.39 is 17.7 Å². The lowest BCUT2D eigenvalue weighted by Crippen LogP contribution is -2.41. The van der Waals surface area contributed by atoms with Crippen molar-refractivity contribution in [3.8, 4) is 0 Å². The molecule has 5 rings (SSSR count). The van der Waals surface area contributed by atoms with Gasteiger partial charge in [0, 0.05) is 32.2 Å². The summed E-state index contributed by atoms with van der Waals surface area (Å²) in [6.45, 7) is 13.4. The van der Waals surface area contributed by atoms with Gasteiger partial charge >= 0.3 is 6.18 Å². The van der Waals surface area contributed by atoms with Gasteiger partial charge in [0.2, 0.25) is 5.95 Å². The molecular formula is C35H47Cl2F3N6O3. The normalized spacial score (nSPS) is 19.4. The molecule has 0 unspecified atom stereocenters. The molecule has 49 heavy (non-hydrogen) atoms. The van der Waals surface area contributed by atoms with Gasteiger partial charge in [0.05, 0.1) is 69.3 Å². The number of carbonyl (C=O) groups excluding carboxylic acids is 1. The molecule has 14 heteroatoms. The lowest BCUT2D eigenvalue weighted by atomic mass is 9.85. The number of morpholine rings is 1. The largest absolute Gasteiger partial charge is 0.391 e. The number of aliphatic hydroxyl groups is 1. The first-order chi connectivity index (χ1) is 22.9. The quantitative estimate of drug-likeness (QED) is 0.170. The Morgan fingerprint density at radius 3 is 2.33 bits per heavy atom. The second-order valence-electron chi connectivity index (χ2n) is 15.0. The van der Waals surface area contributed by atoms with Crippen LogP contribution >= 0.6 is 23.2 Å². The number of alkyl halides is 3. The van der Waals surface area contributed by atoms with Crippen molar-refractivity contribution in [3.63, 3.8) is 0 Å². The van der Waals surface area contributed by atoms with Crippen molar-refractivity contribution in [3.05, 3.63) is 45.4 Å². The van der Waals surface area contributed by atoms with Crippen LogP contribution in [0.5, 0.6) is 0 Å². The van der Waals surface area contributed by atoms with Crippen LogP contribution in [0.25, 0.3) is 11.0 Å². The Morgan fingerprint density at radius 2 is 1.71 bits per heavy atom. The molecule has 0 atom stereocenters. The second-order valence-corrected chi connectivity index (χ2v) is 15.8. The number of carbonyl (C=O) groups is 1. The lowest BCUT2D eigenvalue weighted by Gasteiger charge is -2.32. The molecule has 1 saturated heterocycles. The van der Waals surface area contributed by atoms with Crippen molar-refractivity contribution in [2.75, 3.05) is 43.1 Å². The molecule has 270 valence electrons. The summed E-state index contributed by atoms with van der Waals surface area (Å²) in [7, 11) is 0. The Labute approximate surface area is 295 Å². The number of amides is 1. The Kier molecular flexibility index (Phi) is 11.3. The number of ether oxygens (including phenoxy) is 1. The van der Waals surface area contributed by atoms with E-state index in [1.54, 1.807) is 26.0 Å². The first-order valence-corrected chi connectivity index (χ1v) is 17.6. The van der Waals surface area contributed by atoms with E-state index in [4.69, 9.17) is 32.9 Å². The van der Waals surface area contributed by atoms with Crippen LogP contribution in [0.4, 0.5) is 30.5 Å². The number of aromatic nitrogens is 2. The fourth-order valence-electron chi connectivity index (χ4n) is 6.41. The van der Waals surface area contributed by atoms with E-state index >= 15 is 0 Å². The van der Waals surface area contributed by atoms with Gasteiger partial charge in [0.15, 0.2) is 0 Å². The summed E-state index contributed by atoms with van der Waals surface area (Å²) in [5.41, 5.74) is 2.45. The van der Waals surface area contributed by atoms with Crippen molar-refractivity contribution in [1.82, 2.24) is 20.2 Å². The fourth-order valence-corrected chi connectivity index (χ4v) is 6.94. The molecule has 0 bridgehead atoms. The molecule has 2 heterocycles. The van der Waals surface area contributed by atoms with Crippen molar-refractivity contribution >= 4 is 57.5 Å². The minimum atomic E-state index is -4.23. The molecule has 1 amide bonds. The van der Waals surface area contributed by atoms with Crippen LogP contribution in [0.3, 0.4) is 0 Å². The first kappa shape index (κ1) is 37.5. The van der Waals surface area contributed by atoms with E-state index in [0.29, 0.717) is 76.8 Å². The molecule has 2 aromatic carbocycles. The second kappa shape index (κ2) is 14.8. The Hall–Kier alpha value is -2.77. The molecule has 1 saturated carbocycles. The number of anilines is 3. The van der Waals surface area contributed by atoms with Crippen LogP contribution in [-0.4, -0.2) is 71.2 Å². The van der Waals surface area contributed by atoms with E-state index in [0.717, 1.165) is 12.1 Å². The Bertz CT molecular complexity index is 1640. The highest BCUT2D eigenvalue weighted by molar-refractivity contribution is 6.39. The summed E-state index contributed by atoms with van der Waals surface area (Å²) in [5, 5.41) is 21.6. The monoisotopic (exact) mass is 726 g/mol. The van der Waals surface area contributed by atoms with E-state index in [1.165, 1.54) is 0 Å². The molecule has 3 aromatic rings. The predicted molar refractivity (Wildman–Crippen MR) is 189 cm³/mol. The van der Waals surface area contributed by atoms with Gasteiger partial charge in [-0.3, -0.25) is 4.79 Å². The minimum absolute atomic E-state index is 0.0147. The highest BCUT2D eigenvalue weighted by atomic mass is 35.5. The van der Waals surface area contributed by atoms with Crippen LogP contribution in [0.2, 0.25) is 10.0 Å². The van der Waals surface area contributed by atoms with Gasteiger partial charge in [-0.05, 0) is 68.7 Å². The summed E-state index contributed by atoms with van der Waals surface area (Å²) < 4.78 is 47.3. The molecule has 1 aliphatic heterocycles. The topological polar surface area (TPSA) is 104 Å². The van der Waals surface area contributed by atoms with Crippen LogP contribution in [0.15, 0.2) is 24.3 Å². The summed E-state index contributed by atoms with van der Waals surface area (Å²) in [5.74, 6) is -1.34. The fraction of sp³-hybridized carbons (Fsp3) is 0.600. The average molecular weight is 728 g/mol. The maximum absolute atomic E-state index is 13.9. The standard InChI is InChI=1S/C35H47Cl2F3N6O3/c1-33(2,3)19-41-18-21-6-11-25(36)30(29(21)37)44-32-43-26-16-24(31(47)42-23-9-7-22(8-10-23)35(38,39)40)27(45-12-14-49-15-13-45)17-28(26)46(32)20-34(4,5)48/h6,11,16-17,22-23,41,48H,7-10,12-15,18-20H2,1-5H3,(H,42,47)(H,43,44). The van der Waals surface area contributed by atoms with E-state index in [2.05, 4.69) is 41.6 Å². The SMILES string of the molecule is CC(C)(C)CNCc1ccc(Cl)c(Nc2nc3cc(C(=O)NC4CCC(C(F)(F)F)CC4)c(N4CCOCC4)cc3n2CC(C)(C)O)c1Cl. The summed E-state index contributed by atoms with van der Waals surface area (Å²) >= 11 is 13.6. The number of nitrogens with one attached hydrogen (secondary N) is 3. The molecular weight excluding hydrogens is 680 g/mol.